The number of aliphatic hydroxyl groups excluding tert-OH is 1. The maximum atomic E-state index is 9.37. The molecule has 104 valence electrons. The highest BCUT2D eigenvalue weighted by Gasteiger charge is 2.14. The largest absolute Gasteiger partial charge is 0.394 e. The Morgan fingerprint density at radius 1 is 1.40 bits per heavy atom. The first kappa shape index (κ1) is 14.3. The average Bonchev–Trinajstić information content (AvgIpc) is 2.44. The van der Waals surface area contributed by atoms with E-state index < -0.39 is 0 Å². The fourth-order valence-corrected chi connectivity index (χ4v) is 2.38. The van der Waals surface area contributed by atoms with E-state index in [1.54, 1.807) is 6.20 Å². The fourth-order valence-electron chi connectivity index (χ4n) is 2.38. The number of rotatable bonds is 4. The third-order valence-corrected chi connectivity index (χ3v) is 3.49. The van der Waals surface area contributed by atoms with Gasteiger partial charge in [0.25, 0.3) is 0 Å². The average molecular weight is 269 g/mol. The molecule has 20 heavy (non-hydrogen) atoms. The Morgan fingerprint density at radius 3 is 2.75 bits per heavy atom. The Bertz CT molecular complexity index is 669. The number of hydrogen-bond donors (Lipinski definition) is 2. The Hall–Kier alpha value is -2.12. The lowest BCUT2D eigenvalue weighted by Crippen LogP contribution is -2.23. The minimum Gasteiger partial charge on any atom is -0.394 e. The molecular formula is C16H19N3O. The monoisotopic (exact) mass is 269 g/mol. The van der Waals surface area contributed by atoms with Crippen LogP contribution >= 0.6 is 0 Å². The standard InChI is InChI=1S/C16H19N3O/c1-4-13(9-20)19-16-12(7-17)8-18-15-11(3)5-10(2)6-14(15)16/h5-6,8,13,20H,4,9H2,1-3H3,(H,18,19)/t13-/m1/s1. The summed E-state index contributed by atoms with van der Waals surface area (Å²) in [5, 5.41) is 22.9. The summed E-state index contributed by atoms with van der Waals surface area (Å²) < 4.78 is 0. The molecule has 0 aliphatic rings. The normalized spacial score (nSPS) is 12.2. The highest BCUT2D eigenvalue weighted by molar-refractivity contribution is 5.96. The lowest BCUT2D eigenvalue weighted by atomic mass is 10.0. The van der Waals surface area contributed by atoms with Crippen molar-refractivity contribution >= 4 is 16.6 Å². The van der Waals surface area contributed by atoms with Gasteiger partial charge in [-0.25, -0.2) is 0 Å². The summed E-state index contributed by atoms with van der Waals surface area (Å²) in [5.41, 5.74) is 4.39. The van der Waals surface area contributed by atoms with E-state index in [0.717, 1.165) is 34.1 Å². The summed E-state index contributed by atoms with van der Waals surface area (Å²) in [6.07, 6.45) is 2.38. The van der Waals surface area contributed by atoms with Crippen LogP contribution in [0.3, 0.4) is 0 Å². The molecule has 0 radical (unpaired) electrons. The van der Waals surface area contributed by atoms with Gasteiger partial charge in [-0.15, -0.1) is 0 Å². The molecule has 2 rings (SSSR count). The van der Waals surface area contributed by atoms with Crippen LogP contribution in [0.1, 0.15) is 30.0 Å². The second kappa shape index (κ2) is 5.89. The lowest BCUT2D eigenvalue weighted by molar-refractivity contribution is 0.272. The zero-order chi connectivity index (χ0) is 14.7. The maximum Gasteiger partial charge on any atom is 0.103 e. The molecule has 4 heteroatoms. The highest BCUT2D eigenvalue weighted by Crippen LogP contribution is 2.29. The van der Waals surface area contributed by atoms with Crippen LogP contribution < -0.4 is 5.32 Å². The van der Waals surface area contributed by atoms with Crippen molar-refractivity contribution in [3.8, 4) is 6.07 Å². The number of anilines is 1. The van der Waals surface area contributed by atoms with Crippen LogP contribution in [0.4, 0.5) is 5.69 Å². The summed E-state index contributed by atoms with van der Waals surface area (Å²) >= 11 is 0. The first-order valence-electron chi connectivity index (χ1n) is 6.78. The van der Waals surface area contributed by atoms with Crippen molar-refractivity contribution in [1.29, 1.82) is 5.26 Å². The third kappa shape index (κ3) is 2.59. The van der Waals surface area contributed by atoms with Crippen molar-refractivity contribution in [2.45, 2.75) is 33.2 Å². The summed E-state index contributed by atoms with van der Waals surface area (Å²) in [4.78, 5) is 4.39. The number of aromatic nitrogens is 1. The predicted molar refractivity (Wildman–Crippen MR) is 80.7 cm³/mol. The highest BCUT2D eigenvalue weighted by atomic mass is 16.3. The molecular weight excluding hydrogens is 250 g/mol. The number of nitrogens with zero attached hydrogens (tertiary/aromatic N) is 2. The van der Waals surface area contributed by atoms with Crippen molar-refractivity contribution in [1.82, 2.24) is 4.98 Å². The molecule has 2 aromatic rings. The lowest BCUT2D eigenvalue weighted by Gasteiger charge is -2.19. The number of nitriles is 1. The van der Waals surface area contributed by atoms with Crippen LogP contribution in [-0.2, 0) is 0 Å². The van der Waals surface area contributed by atoms with Gasteiger partial charge in [0, 0.05) is 17.6 Å². The molecule has 1 aromatic carbocycles. The maximum absolute atomic E-state index is 9.37. The number of benzene rings is 1. The van der Waals surface area contributed by atoms with Crippen LogP contribution in [0, 0.1) is 25.2 Å². The molecule has 0 bridgehead atoms. The molecule has 0 amide bonds. The minimum absolute atomic E-state index is 0.0377. The predicted octanol–water partition coefficient (Wildman–Crippen LogP) is 2.91. The van der Waals surface area contributed by atoms with E-state index in [2.05, 4.69) is 22.4 Å². The zero-order valence-electron chi connectivity index (χ0n) is 12.1. The molecule has 0 unspecified atom stereocenters. The van der Waals surface area contributed by atoms with Crippen LogP contribution in [0.2, 0.25) is 0 Å². The van der Waals surface area contributed by atoms with Gasteiger partial charge in [-0.05, 0) is 31.9 Å². The van der Waals surface area contributed by atoms with E-state index in [1.165, 1.54) is 0 Å². The summed E-state index contributed by atoms with van der Waals surface area (Å²) in [6.45, 7) is 6.08. The SMILES string of the molecule is CC[C@H](CO)Nc1c(C#N)cnc2c(C)cc(C)cc12. The van der Waals surface area contributed by atoms with Gasteiger partial charge < -0.3 is 10.4 Å². The first-order valence-corrected chi connectivity index (χ1v) is 6.78. The number of fused-ring (bicyclic) bond motifs is 1. The molecule has 0 saturated carbocycles. The smallest absolute Gasteiger partial charge is 0.103 e. The quantitative estimate of drug-likeness (QED) is 0.895. The number of pyridine rings is 1. The summed E-state index contributed by atoms with van der Waals surface area (Å²) in [7, 11) is 0. The van der Waals surface area contributed by atoms with E-state index in [4.69, 9.17) is 0 Å². The minimum atomic E-state index is -0.0616. The van der Waals surface area contributed by atoms with Gasteiger partial charge in [-0.2, -0.15) is 5.26 Å². The number of aliphatic hydroxyl groups is 1. The van der Waals surface area contributed by atoms with Crippen molar-refractivity contribution in [2.24, 2.45) is 0 Å². The molecule has 0 fully saturated rings. The fraction of sp³-hybridized carbons (Fsp3) is 0.375. The van der Waals surface area contributed by atoms with Crippen LogP contribution in [0.15, 0.2) is 18.3 Å². The number of nitrogens with one attached hydrogen (secondary N) is 1. The van der Waals surface area contributed by atoms with Crippen LogP contribution in [0.5, 0.6) is 0 Å². The number of hydrogen-bond acceptors (Lipinski definition) is 4. The molecule has 4 nitrogen and oxygen atoms in total. The molecule has 1 aromatic heterocycles. The Morgan fingerprint density at radius 2 is 2.15 bits per heavy atom. The van der Waals surface area contributed by atoms with Crippen molar-refractivity contribution in [2.75, 3.05) is 11.9 Å². The van der Waals surface area contributed by atoms with Gasteiger partial charge in [0.2, 0.25) is 0 Å². The Balaban J connectivity index is 2.68. The molecule has 0 saturated heterocycles. The summed E-state index contributed by atoms with van der Waals surface area (Å²) in [5.74, 6) is 0. The van der Waals surface area contributed by atoms with Crippen LogP contribution in [0.25, 0.3) is 10.9 Å². The van der Waals surface area contributed by atoms with E-state index in [1.807, 2.05) is 26.8 Å². The van der Waals surface area contributed by atoms with Gasteiger partial charge >= 0.3 is 0 Å². The van der Waals surface area contributed by atoms with E-state index in [-0.39, 0.29) is 12.6 Å². The van der Waals surface area contributed by atoms with Crippen molar-refractivity contribution in [3.63, 3.8) is 0 Å². The second-order valence-corrected chi connectivity index (χ2v) is 5.07. The van der Waals surface area contributed by atoms with E-state index >= 15 is 0 Å². The third-order valence-electron chi connectivity index (χ3n) is 3.49. The van der Waals surface area contributed by atoms with E-state index in [9.17, 15) is 10.4 Å². The van der Waals surface area contributed by atoms with E-state index in [0.29, 0.717) is 5.56 Å². The molecule has 1 atom stereocenters. The van der Waals surface area contributed by atoms with Gasteiger partial charge in [0.15, 0.2) is 0 Å². The van der Waals surface area contributed by atoms with Crippen molar-refractivity contribution in [3.05, 3.63) is 35.0 Å². The van der Waals surface area contributed by atoms with Gasteiger partial charge in [-0.1, -0.05) is 18.6 Å². The first-order chi connectivity index (χ1) is 9.60. The molecule has 1 heterocycles. The van der Waals surface area contributed by atoms with Gasteiger partial charge in [-0.3, -0.25) is 4.98 Å². The molecule has 0 aliphatic heterocycles. The number of aryl methyl sites for hydroxylation is 2. The molecule has 0 spiro atoms. The molecule has 2 N–H and O–H groups in total. The van der Waals surface area contributed by atoms with Crippen molar-refractivity contribution < 1.29 is 5.11 Å². The Kier molecular flexibility index (Phi) is 4.21. The molecule has 0 aliphatic carbocycles. The zero-order valence-corrected chi connectivity index (χ0v) is 12.1. The van der Waals surface area contributed by atoms with Crippen LogP contribution in [-0.4, -0.2) is 22.7 Å². The topological polar surface area (TPSA) is 68.9 Å². The Labute approximate surface area is 119 Å². The van der Waals surface area contributed by atoms with Gasteiger partial charge in [0.1, 0.15) is 6.07 Å². The summed E-state index contributed by atoms with van der Waals surface area (Å²) in [6, 6.07) is 6.22. The van der Waals surface area contributed by atoms with Gasteiger partial charge in [0.05, 0.1) is 23.4 Å². The second-order valence-electron chi connectivity index (χ2n) is 5.07.